The van der Waals surface area contributed by atoms with E-state index in [4.69, 9.17) is 0 Å². The molecule has 1 aromatic carbocycles. The van der Waals surface area contributed by atoms with E-state index >= 15 is 0 Å². The van der Waals surface area contributed by atoms with Crippen LogP contribution in [0.25, 0.3) is 0 Å². The smallest absolute Gasteiger partial charge is 0.234 e. The number of aryl methyl sites for hydroxylation is 1. The summed E-state index contributed by atoms with van der Waals surface area (Å²) in [5, 5.41) is 3.19. The van der Waals surface area contributed by atoms with Crippen molar-refractivity contribution in [1.29, 1.82) is 0 Å². The van der Waals surface area contributed by atoms with E-state index in [1.165, 1.54) is 11.1 Å². The van der Waals surface area contributed by atoms with Gasteiger partial charge in [0.2, 0.25) is 5.91 Å². The Balaban J connectivity index is 1.99. The zero-order valence-electron chi connectivity index (χ0n) is 12.0. The first kappa shape index (κ1) is 14.1. The van der Waals surface area contributed by atoms with Crippen molar-refractivity contribution >= 4 is 5.91 Å². The van der Waals surface area contributed by atoms with Crippen molar-refractivity contribution in [1.82, 2.24) is 10.2 Å². The van der Waals surface area contributed by atoms with Crippen molar-refractivity contribution in [3.05, 3.63) is 35.4 Å². The predicted octanol–water partition coefficient (Wildman–Crippen LogP) is 2.52. The van der Waals surface area contributed by atoms with Crippen LogP contribution in [-0.4, -0.2) is 30.4 Å². The van der Waals surface area contributed by atoms with Crippen LogP contribution >= 0.6 is 0 Å². The van der Waals surface area contributed by atoms with E-state index in [0.717, 1.165) is 32.4 Å². The first-order valence-corrected chi connectivity index (χ1v) is 7.34. The molecule has 2 rings (SSSR count). The Bertz CT molecular complexity index is 427. The molecule has 1 amide bonds. The molecular formula is C16H24N2O. The maximum absolute atomic E-state index is 12.1. The Morgan fingerprint density at radius 2 is 2.05 bits per heavy atom. The lowest BCUT2D eigenvalue weighted by Gasteiger charge is -2.27. The molecular weight excluding hydrogens is 236 g/mol. The van der Waals surface area contributed by atoms with E-state index in [9.17, 15) is 4.79 Å². The molecule has 0 heterocycles. The van der Waals surface area contributed by atoms with E-state index in [0.29, 0.717) is 6.54 Å². The fraction of sp³-hybridized carbons (Fsp3) is 0.562. The average Bonchev–Trinajstić information content (AvgIpc) is 2.45. The number of nitrogens with one attached hydrogen (secondary N) is 1. The van der Waals surface area contributed by atoms with Crippen LogP contribution < -0.4 is 5.32 Å². The zero-order chi connectivity index (χ0) is 13.7. The molecule has 0 saturated heterocycles. The van der Waals surface area contributed by atoms with Gasteiger partial charge in [-0.2, -0.15) is 0 Å². The van der Waals surface area contributed by atoms with Crippen molar-refractivity contribution in [3.63, 3.8) is 0 Å². The average molecular weight is 260 g/mol. The van der Waals surface area contributed by atoms with Crippen LogP contribution in [0.3, 0.4) is 0 Å². The SMILES string of the molecule is CCN(CC)CC(=O)N[C@@H]1CCCc2ccccc21. The molecule has 3 heteroatoms. The Morgan fingerprint density at radius 1 is 1.32 bits per heavy atom. The lowest BCUT2D eigenvalue weighted by molar-refractivity contribution is -0.123. The van der Waals surface area contributed by atoms with Crippen LogP contribution in [0.2, 0.25) is 0 Å². The van der Waals surface area contributed by atoms with Gasteiger partial charge in [0.25, 0.3) is 0 Å². The standard InChI is InChI=1S/C16H24N2O/c1-3-18(4-2)12-16(19)17-15-11-7-9-13-8-5-6-10-14(13)15/h5-6,8,10,15H,3-4,7,9,11-12H2,1-2H3,(H,17,19)/t15-/m1/s1. The zero-order valence-corrected chi connectivity index (χ0v) is 12.0. The molecule has 1 aliphatic carbocycles. The van der Waals surface area contributed by atoms with Crippen LogP contribution in [0, 0.1) is 0 Å². The highest BCUT2D eigenvalue weighted by molar-refractivity contribution is 5.78. The number of fused-ring (bicyclic) bond motifs is 1. The maximum Gasteiger partial charge on any atom is 0.234 e. The second-order valence-electron chi connectivity index (χ2n) is 5.17. The van der Waals surface area contributed by atoms with Crippen LogP contribution in [0.5, 0.6) is 0 Å². The second-order valence-corrected chi connectivity index (χ2v) is 5.17. The minimum Gasteiger partial charge on any atom is -0.348 e. The van der Waals surface area contributed by atoms with Gasteiger partial charge in [0.1, 0.15) is 0 Å². The first-order valence-electron chi connectivity index (χ1n) is 7.34. The molecule has 0 spiro atoms. The summed E-state index contributed by atoms with van der Waals surface area (Å²) in [6.07, 6.45) is 3.35. The van der Waals surface area contributed by atoms with Gasteiger partial charge < -0.3 is 5.32 Å². The second kappa shape index (κ2) is 6.71. The Hall–Kier alpha value is -1.35. The van der Waals surface area contributed by atoms with Gasteiger partial charge in [0.05, 0.1) is 12.6 Å². The molecule has 0 unspecified atom stereocenters. The molecule has 0 radical (unpaired) electrons. The highest BCUT2D eigenvalue weighted by Crippen LogP contribution is 2.29. The molecule has 0 bridgehead atoms. The first-order chi connectivity index (χ1) is 9.24. The Labute approximate surface area is 116 Å². The van der Waals surface area contributed by atoms with Gasteiger partial charge in [-0.15, -0.1) is 0 Å². The highest BCUT2D eigenvalue weighted by Gasteiger charge is 2.21. The predicted molar refractivity (Wildman–Crippen MR) is 78.1 cm³/mol. The van der Waals surface area contributed by atoms with Crippen molar-refractivity contribution in [2.24, 2.45) is 0 Å². The van der Waals surface area contributed by atoms with E-state index in [2.05, 4.69) is 48.3 Å². The topological polar surface area (TPSA) is 32.3 Å². The number of likely N-dealkylation sites (N-methyl/N-ethyl adjacent to an activating group) is 1. The quantitative estimate of drug-likeness (QED) is 0.882. The molecule has 104 valence electrons. The Morgan fingerprint density at radius 3 is 2.79 bits per heavy atom. The van der Waals surface area contributed by atoms with Gasteiger partial charge in [-0.05, 0) is 43.5 Å². The minimum atomic E-state index is 0.144. The molecule has 0 fully saturated rings. The number of nitrogens with zero attached hydrogens (tertiary/aromatic N) is 1. The lowest BCUT2D eigenvalue weighted by Crippen LogP contribution is -2.39. The third-order valence-electron chi connectivity index (χ3n) is 3.97. The summed E-state index contributed by atoms with van der Waals surface area (Å²) in [5.74, 6) is 0.144. The number of carbonyl (C=O) groups excluding carboxylic acids is 1. The van der Waals surface area contributed by atoms with Crippen molar-refractivity contribution < 1.29 is 4.79 Å². The summed E-state index contributed by atoms with van der Waals surface area (Å²) in [4.78, 5) is 14.2. The largest absolute Gasteiger partial charge is 0.348 e. The van der Waals surface area contributed by atoms with Gasteiger partial charge >= 0.3 is 0 Å². The van der Waals surface area contributed by atoms with Gasteiger partial charge in [0.15, 0.2) is 0 Å². The van der Waals surface area contributed by atoms with Crippen molar-refractivity contribution in [3.8, 4) is 0 Å². The van der Waals surface area contributed by atoms with Gasteiger partial charge in [-0.1, -0.05) is 38.1 Å². The minimum absolute atomic E-state index is 0.144. The van der Waals surface area contributed by atoms with Crippen LogP contribution in [0.1, 0.15) is 43.9 Å². The van der Waals surface area contributed by atoms with Crippen molar-refractivity contribution in [2.45, 2.75) is 39.2 Å². The van der Waals surface area contributed by atoms with Gasteiger partial charge in [-0.3, -0.25) is 9.69 Å². The summed E-state index contributed by atoms with van der Waals surface area (Å²) in [7, 11) is 0. The van der Waals surface area contributed by atoms with E-state index in [1.807, 2.05) is 0 Å². The number of carbonyl (C=O) groups is 1. The third-order valence-corrected chi connectivity index (χ3v) is 3.97. The third kappa shape index (κ3) is 3.57. The lowest BCUT2D eigenvalue weighted by atomic mass is 9.88. The maximum atomic E-state index is 12.1. The van der Waals surface area contributed by atoms with E-state index in [1.54, 1.807) is 0 Å². The molecule has 1 aromatic rings. The summed E-state index contributed by atoms with van der Waals surface area (Å²) in [6.45, 7) is 6.53. The molecule has 1 N–H and O–H groups in total. The van der Waals surface area contributed by atoms with Crippen molar-refractivity contribution in [2.75, 3.05) is 19.6 Å². The molecule has 19 heavy (non-hydrogen) atoms. The fourth-order valence-corrected chi connectivity index (χ4v) is 2.79. The monoisotopic (exact) mass is 260 g/mol. The molecule has 1 atom stereocenters. The molecule has 1 aliphatic rings. The highest BCUT2D eigenvalue weighted by atomic mass is 16.2. The molecule has 3 nitrogen and oxygen atoms in total. The van der Waals surface area contributed by atoms with Crippen LogP contribution in [0.4, 0.5) is 0 Å². The van der Waals surface area contributed by atoms with Gasteiger partial charge in [-0.25, -0.2) is 0 Å². The normalized spacial score (nSPS) is 18.2. The number of rotatable bonds is 5. The summed E-state index contributed by atoms with van der Waals surface area (Å²) >= 11 is 0. The molecule has 0 aliphatic heterocycles. The number of benzene rings is 1. The molecule has 0 saturated carbocycles. The number of hydrogen-bond donors (Lipinski definition) is 1. The summed E-state index contributed by atoms with van der Waals surface area (Å²) < 4.78 is 0. The van der Waals surface area contributed by atoms with E-state index < -0.39 is 0 Å². The van der Waals surface area contributed by atoms with E-state index in [-0.39, 0.29) is 11.9 Å². The van der Waals surface area contributed by atoms with Gasteiger partial charge in [0, 0.05) is 0 Å². The summed E-state index contributed by atoms with van der Waals surface area (Å²) in [5.41, 5.74) is 2.70. The van der Waals surface area contributed by atoms with Crippen LogP contribution in [0.15, 0.2) is 24.3 Å². The van der Waals surface area contributed by atoms with Crippen LogP contribution in [-0.2, 0) is 11.2 Å². The number of amides is 1. The summed E-state index contributed by atoms with van der Waals surface area (Å²) in [6, 6.07) is 8.68. The Kier molecular flexibility index (Phi) is 4.97. The fourth-order valence-electron chi connectivity index (χ4n) is 2.79. The number of hydrogen-bond acceptors (Lipinski definition) is 2. The molecule has 0 aromatic heterocycles.